The quantitative estimate of drug-likeness (QED) is 0.801. The topological polar surface area (TPSA) is 78.3 Å². The van der Waals surface area contributed by atoms with Crippen LogP contribution in [-0.2, 0) is 11.3 Å². The Balaban J connectivity index is 1.99. The number of rotatable bonds is 7. The Morgan fingerprint density at radius 2 is 2.16 bits per heavy atom. The summed E-state index contributed by atoms with van der Waals surface area (Å²) in [6.45, 7) is -0.537. The molecule has 2 rings (SSSR count). The average Bonchev–Trinajstić information content (AvgIpc) is 2.98. The van der Waals surface area contributed by atoms with Gasteiger partial charge in [-0.1, -0.05) is 11.6 Å². The van der Waals surface area contributed by atoms with Crippen LogP contribution in [0.3, 0.4) is 0 Å². The maximum absolute atomic E-state index is 12.1. The Bertz CT molecular complexity index is 736. The van der Waals surface area contributed by atoms with E-state index in [1.807, 2.05) is 0 Å². The van der Waals surface area contributed by atoms with Crippen molar-refractivity contribution < 1.29 is 27.4 Å². The first kappa shape index (κ1) is 19.0. The fourth-order valence-electron chi connectivity index (χ4n) is 1.74. The fourth-order valence-corrected chi connectivity index (χ4v) is 1.97. The molecular weight excluding hydrogens is 365 g/mol. The molecule has 0 saturated carbocycles. The van der Waals surface area contributed by atoms with E-state index in [2.05, 4.69) is 20.1 Å². The van der Waals surface area contributed by atoms with E-state index in [-0.39, 0.29) is 10.6 Å². The molecule has 0 bridgehead atoms. The van der Waals surface area contributed by atoms with Crippen molar-refractivity contribution in [1.29, 1.82) is 0 Å². The van der Waals surface area contributed by atoms with E-state index in [4.69, 9.17) is 16.3 Å². The number of amides is 1. The van der Waals surface area contributed by atoms with Crippen LogP contribution in [0.5, 0.6) is 5.88 Å². The summed E-state index contributed by atoms with van der Waals surface area (Å²) >= 11 is 5.80. The molecule has 0 radical (unpaired) electrons. The minimum absolute atomic E-state index is 0.0639. The molecule has 2 aromatic rings. The summed E-state index contributed by atoms with van der Waals surface area (Å²) in [5, 5.41) is 6.41. The second-order valence-electron chi connectivity index (χ2n) is 4.85. The molecule has 1 N–H and O–H groups in total. The van der Waals surface area contributed by atoms with Crippen LogP contribution in [0.4, 0.5) is 18.9 Å². The number of methoxy groups -OCH3 is 1. The lowest BCUT2D eigenvalue weighted by molar-refractivity contribution is -0.154. The zero-order valence-electron chi connectivity index (χ0n) is 13.0. The minimum atomic E-state index is -4.51. The summed E-state index contributed by atoms with van der Waals surface area (Å²) in [4.78, 5) is 15.8. The average molecular weight is 379 g/mol. The summed E-state index contributed by atoms with van der Waals surface area (Å²) in [5.74, 6) is -0.939. The highest BCUT2D eigenvalue weighted by Crippen LogP contribution is 2.25. The molecule has 0 aromatic carbocycles. The third-order valence-corrected chi connectivity index (χ3v) is 3.13. The second-order valence-corrected chi connectivity index (χ2v) is 5.26. The third-order valence-electron chi connectivity index (χ3n) is 2.86. The maximum atomic E-state index is 12.1. The molecule has 0 aliphatic rings. The van der Waals surface area contributed by atoms with Crippen molar-refractivity contribution in [1.82, 2.24) is 14.8 Å². The first-order valence-electron chi connectivity index (χ1n) is 6.96. The normalized spacial score (nSPS) is 11.4. The number of anilines is 1. The van der Waals surface area contributed by atoms with Crippen LogP contribution in [0.15, 0.2) is 24.7 Å². The zero-order chi connectivity index (χ0) is 18.4. The largest absolute Gasteiger partial charge is 0.467 e. The molecule has 2 heterocycles. The van der Waals surface area contributed by atoms with Crippen LogP contribution in [0, 0.1) is 0 Å². The van der Waals surface area contributed by atoms with Crippen molar-refractivity contribution in [2.45, 2.75) is 12.7 Å². The number of alkyl halides is 3. The number of pyridine rings is 1. The lowest BCUT2D eigenvalue weighted by atomic mass is 10.2. The fraction of sp³-hybridized carbons (Fsp3) is 0.357. The third kappa shape index (κ3) is 5.91. The van der Waals surface area contributed by atoms with E-state index in [0.29, 0.717) is 18.8 Å². The highest BCUT2D eigenvalue weighted by Gasteiger charge is 2.29. The highest BCUT2D eigenvalue weighted by atomic mass is 35.5. The van der Waals surface area contributed by atoms with Crippen LogP contribution in [0.2, 0.25) is 5.02 Å². The van der Waals surface area contributed by atoms with Gasteiger partial charge in [0.25, 0.3) is 5.91 Å². The molecule has 7 nitrogen and oxygen atoms in total. The second kappa shape index (κ2) is 8.17. The smallest absolute Gasteiger partial charge is 0.422 e. The van der Waals surface area contributed by atoms with Gasteiger partial charge in [-0.05, 0) is 6.07 Å². The van der Waals surface area contributed by atoms with E-state index in [1.165, 1.54) is 12.3 Å². The van der Waals surface area contributed by atoms with Gasteiger partial charge in [0.2, 0.25) is 5.88 Å². The first-order chi connectivity index (χ1) is 11.8. The van der Waals surface area contributed by atoms with Crippen molar-refractivity contribution in [2.24, 2.45) is 0 Å². The van der Waals surface area contributed by atoms with E-state index < -0.39 is 24.6 Å². The number of carbonyl (C=O) groups excluding carboxylic acids is 1. The summed E-state index contributed by atoms with van der Waals surface area (Å²) in [5.41, 5.74) is 0.503. The number of ether oxygens (including phenoxy) is 2. The molecule has 136 valence electrons. The number of nitrogens with zero attached hydrogens (tertiary/aromatic N) is 3. The van der Waals surface area contributed by atoms with Gasteiger partial charge in [0.15, 0.2) is 6.61 Å². The lowest BCUT2D eigenvalue weighted by Crippen LogP contribution is -2.20. The van der Waals surface area contributed by atoms with Crippen LogP contribution >= 0.6 is 11.6 Å². The van der Waals surface area contributed by atoms with Crippen LogP contribution in [0.25, 0.3) is 0 Å². The summed E-state index contributed by atoms with van der Waals surface area (Å²) in [6, 6.07) is 1.17. The van der Waals surface area contributed by atoms with Gasteiger partial charge in [-0.2, -0.15) is 18.3 Å². The van der Waals surface area contributed by atoms with Gasteiger partial charge in [0, 0.05) is 19.5 Å². The Labute approximate surface area is 145 Å². The lowest BCUT2D eigenvalue weighted by Gasteiger charge is -2.10. The number of carbonyl (C=O) groups is 1. The Morgan fingerprint density at radius 1 is 1.40 bits per heavy atom. The standard InChI is InChI=1S/C14H14ClF3N4O3/c1-24-3-2-22-7-10(6-20-22)21-12(23)9-4-11(15)13(19-5-9)25-8-14(16,17)18/h4-7H,2-3,8H2,1H3,(H,21,23). The van der Waals surface area contributed by atoms with E-state index >= 15 is 0 Å². The van der Waals surface area contributed by atoms with Crippen molar-refractivity contribution in [3.63, 3.8) is 0 Å². The molecule has 0 atom stereocenters. The monoisotopic (exact) mass is 378 g/mol. The van der Waals surface area contributed by atoms with Crippen molar-refractivity contribution >= 4 is 23.2 Å². The van der Waals surface area contributed by atoms with Crippen molar-refractivity contribution in [3.05, 3.63) is 35.2 Å². The van der Waals surface area contributed by atoms with Gasteiger partial charge in [-0.15, -0.1) is 0 Å². The molecule has 0 saturated heterocycles. The molecule has 1 amide bonds. The number of nitrogens with one attached hydrogen (secondary N) is 1. The Hall–Kier alpha value is -2.33. The van der Waals surface area contributed by atoms with Crippen LogP contribution in [-0.4, -0.2) is 47.2 Å². The highest BCUT2D eigenvalue weighted by molar-refractivity contribution is 6.32. The Kier molecular flexibility index (Phi) is 6.21. The van der Waals surface area contributed by atoms with E-state index in [9.17, 15) is 18.0 Å². The first-order valence-corrected chi connectivity index (χ1v) is 7.34. The van der Waals surface area contributed by atoms with Crippen LogP contribution < -0.4 is 10.1 Å². The van der Waals surface area contributed by atoms with Gasteiger partial charge < -0.3 is 14.8 Å². The summed E-state index contributed by atoms with van der Waals surface area (Å²) in [7, 11) is 1.56. The predicted molar refractivity (Wildman–Crippen MR) is 82.9 cm³/mol. The van der Waals surface area contributed by atoms with Gasteiger partial charge in [-0.3, -0.25) is 9.48 Å². The zero-order valence-corrected chi connectivity index (χ0v) is 13.8. The molecule has 0 fully saturated rings. The summed E-state index contributed by atoms with van der Waals surface area (Å²) in [6.07, 6.45) is -0.386. The molecule has 2 aromatic heterocycles. The summed E-state index contributed by atoms with van der Waals surface area (Å²) < 4.78 is 47.3. The number of hydrogen-bond acceptors (Lipinski definition) is 5. The molecule has 11 heteroatoms. The molecule has 0 aliphatic carbocycles. The van der Waals surface area contributed by atoms with Gasteiger partial charge >= 0.3 is 6.18 Å². The molecule has 25 heavy (non-hydrogen) atoms. The molecular formula is C14H14ClF3N4O3. The van der Waals surface area contributed by atoms with Gasteiger partial charge in [0.05, 0.1) is 30.6 Å². The number of halogens is 4. The number of aromatic nitrogens is 3. The Morgan fingerprint density at radius 3 is 2.80 bits per heavy atom. The molecule has 0 unspecified atom stereocenters. The number of hydrogen-bond donors (Lipinski definition) is 1. The van der Waals surface area contributed by atoms with Gasteiger partial charge in [-0.25, -0.2) is 4.98 Å². The molecule has 0 aliphatic heterocycles. The van der Waals surface area contributed by atoms with Gasteiger partial charge in [0.1, 0.15) is 5.02 Å². The van der Waals surface area contributed by atoms with E-state index in [0.717, 1.165) is 6.20 Å². The minimum Gasteiger partial charge on any atom is -0.467 e. The van der Waals surface area contributed by atoms with Crippen molar-refractivity contribution in [2.75, 3.05) is 25.6 Å². The maximum Gasteiger partial charge on any atom is 0.422 e. The SMILES string of the molecule is COCCn1cc(NC(=O)c2cnc(OCC(F)(F)F)c(Cl)c2)cn1. The molecule has 0 spiro atoms. The van der Waals surface area contributed by atoms with Crippen LogP contribution in [0.1, 0.15) is 10.4 Å². The van der Waals surface area contributed by atoms with Crippen molar-refractivity contribution in [3.8, 4) is 5.88 Å². The van der Waals surface area contributed by atoms with E-state index in [1.54, 1.807) is 18.0 Å². The predicted octanol–water partition coefficient (Wildman–Crippen LogP) is 2.77.